The highest BCUT2D eigenvalue weighted by Gasteiger charge is 2.37. The van der Waals surface area contributed by atoms with E-state index in [2.05, 4.69) is 30.5 Å². The van der Waals surface area contributed by atoms with Crippen LogP contribution in [0.4, 0.5) is 5.69 Å². The number of hydrogen-bond donors (Lipinski definition) is 2. The Morgan fingerprint density at radius 3 is 2.95 bits per heavy atom. The Balaban J connectivity index is 2.02. The number of carbonyl (C=O) groups excluding carboxylic acids is 1. The Labute approximate surface area is 127 Å². The van der Waals surface area contributed by atoms with Crippen molar-refractivity contribution < 1.29 is 9.53 Å². The van der Waals surface area contributed by atoms with Gasteiger partial charge in [-0.05, 0) is 57.4 Å². The molecule has 0 bridgehead atoms. The summed E-state index contributed by atoms with van der Waals surface area (Å²) in [6.45, 7) is 7.81. The van der Waals surface area contributed by atoms with Gasteiger partial charge in [0.1, 0.15) is 5.60 Å². The van der Waals surface area contributed by atoms with Crippen LogP contribution in [-0.2, 0) is 9.53 Å². The molecule has 0 radical (unpaired) electrons. The first-order chi connectivity index (χ1) is 10.0. The van der Waals surface area contributed by atoms with E-state index in [1.807, 2.05) is 25.1 Å². The summed E-state index contributed by atoms with van der Waals surface area (Å²) >= 11 is 0. The van der Waals surface area contributed by atoms with Crippen molar-refractivity contribution in [1.29, 1.82) is 0 Å². The van der Waals surface area contributed by atoms with Gasteiger partial charge in [-0.25, -0.2) is 0 Å². The van der Waals surface area contributed by atoms with E-state index in [0.29, 0.717) is 6.61 Å². The van der Waals surface area contributed by atoms with E-state index in [0.717, 1.165) is 31.5 Å². The van der Waals surface area contributed by atoms with Crippen molar-refractivity contribution in [1.82, 2.24) is 5.32 Å². The van der Waals surface area contributed by atoms with Gasteiger partial charge in [0.05, 0.1) is 0 Å². The predicted octanol–water partition coefficient (Wildman–Crippen LogP) is 3.25. The van der Waals surface area contributed by atoms with E-state index in [4.69, 9.17) is 4.74 Å². The first-order valence-electron chi connectivity index (χ1n) is 7.84. The summed E-state index contributed by atoms with van der Waals surface area (Å²) in [6, 6.07) is 8.29. The standard InChI is InChI=1S/C17H26N2O2/c1-4-10-18-13(2)14-7-5-8-15(12-14)19-16(20)17(3)9-6-11-21-17/h5,7-8,12-13,18H,4,6,9-11H2,1-3H3,(H,19,20). The lowest BCUT2D eigenvalue weighted by molar-refractivity contribution is -0.133. The van der Waals surface area contributed by atoms with Crippen LogP contribution >= 0.6 is 0 Å². The molecule has 1 amide bonds. The topological polar surface area (TPSA) is 50.4 Å². The van der Waals surface area contributed by atoms with E-state index in [1.54, 1.807) is 0 Å². The minimum atomic E-state index is -0.678. The summed E-state index contributed by atoms with van der Waals surface area (Å²) in [4.78, 5) is 12.3. The van der Waals surface area contributed by atoms with Gasteiger partial charge in [-0.1, -0.05) is 19.1 Å². The van der Waals surface area contributed by atoms with Crippen LogP contribution in [0.15, 0.2) is 24.3 Å². The van der Waals surface area contributed by atoms with E-state index in [9.17, 15) is 4.79 Å². The SMILES string of the molecule is CCCNC(C)c1cccc(NC(=O)C2(C)CCCO2)c1. The molecule has 1 heterocycles. The largest absolute Gasteiger partial charge is 0.365 e. The smallest absolute Gasteiger partial charge is 0.256 e. The Morgan fingerprint density at radius 2 is 2.29 bits per heavy atom. The molecule has 21 heavy (non-hydrogen) atoms. The van der Waals surface area contributed by atoms with Crippen molar-refractivity contribution in [2.45, 2.75) is 51.7 Å². The lowest BCUT2D eigenvalue weighted by Gasteiger charge is -2.22. The van der Waals surface area contributed by atoms with Crippen LogP contribution in [0.25, 0.3) is 0 Å². The number of rotatable bonds is 6. The van der Waals surface area contributed by atoms with E-state index in [1.165, 1.54) is 5.56 Å². The maximum absolute atomic E-state index is 12.3. The quantitative estimate of drug-likeness (QED) is 0.845. The Bertz CT molecular complexity index is 481. The van der Waals surface area contributed by atoms with Crippen LogP contribution in [0, 0.1) is 0 Å². The minimum Gasteiger partial charge on any atom is -0.365 e. The molecule has 2 rings (SSSR count). The zero-order chi connectivity index (χ0) is 15.3. The van der Waals surface area contributed by atoms with Crippen molar-refractivity contribution in [3.8, 4) is 0 Å². The predicted molar refractivity (Wildman–Crippen MR) is 85.4 cm³/mol. The normalized spacial score (nSPS) is 23.0. The summed E-state index contributed by atoms with van der Waals surface area (Å²) in [5, 5.41) is 6.44. The van der Waals surface area contributed by atoms with Crippen molar-refractivity contribution >= 4 is 11.6 Å². The number of benzene rings is 1. The van der Waals surface area contributed by atoms with Gasteiger partial charge in [-0.15, -0.1) is 0 Å². The van der Waals surface area contributed by atoms with Crippen molar-refractivity contribution in [2.24, 2.45) is 0 Å². The lowest BCUT2D eigenvalue weighted by Crippen LogP contribution is -2.39. The number of carbonyl (C=O) groups is 1. The van der Waals surface area contributed by atoms with Gasteiger partial charge >= 0.3 is 0 Å². The first kappa shape index (κ1) is 16.0. The Hall–Kier alpha value is -1.39. The zero-order valence-electron chi connectivity index (χ0n) is 13.2. The maximum Gasteiger partial charge on any atom is 0.256 e. The summed E-state index contributed by atoms with van der Waals surface area (Å²) in [5.41, 5.74) is 1.33. The second kappa shape index (κ2) is 7.05. The van der Waals surface area contributed by atoms with E-state index < -0.39 is 5.60 Å². The van der Waals surface area contributed by atoms with Crippen LogP contribution in [0.3, 0.4) is 0 Å². The van der Waals surface area contributed by atoms with Gasteiger partial charge in [-0.3, -0.25) is 4.79 Å². The van der Waals surface area contributed by atoms with Gasteiger partial charge in [-0.2, -0.15) is 0 Å². The van der Waals surface area contributed by atoms with Gasteiger partial charge in [0.2, 0.25) is 0 Å². The molecule has 4 heteroatoms. The third kappa shape index (κ3) is 4.05. The lowest BCUT2D eigenvalue weighted by atomic mass is 10.0. The number of hydrogen-bond acceptors (Lipinski definition) is 3. The zero-order valence-corrected chi connectivity index (χ0v) is 13.2. The molecule has 0 spiro atoms. The molecule has 0 aromatic heterocycles. The fourth-order valence-electron chi connectivity index (χ4n) is 2.59. The fraction of sp³-hybridized carbons (Fsp3) is 0.588. The molecule has 0 saturated carbocycles. The minimum absolute atomic E-state index is 0.0497. The molecule has 116 valence electrons. The molecular weight excluding hydrogens is 264 g/mol. The molecule has 1 aliphatic heterocycles. The number of nitrogens with one attached hydrogen (secondary N) is 2. The van der Waals surface area contributed by atoms with Gasteiger partial charge in [0, 0.05) is 18.3 Å². The summed E-state index contributed by atoms with van der Waals surface area (Å²) < 4.78 is 5.58. The summed E-state index contributed by atoms with van der Waals surface area (Å²) in [6.07, 6.45) is 2.84. The molecule has 1 aromatic rings. The van der Waals surface area contributed by atoms with E-state index in [-0.39, 0.29) is 11.9 Å². The average Bonchev–Trinajstić information content (AvgIpc) is 2.93. The van der Waals surface area contributed by atoms with E-state index >= 15 is 0 Å². The molecule has 1 aromatic carbocycles. The monoisotopic (exact) mass is 290 g/mol. The molecule has 2 atom stereocenters. The number of anilines is 1. The third-order valence-electron chi connectivity index (χ3n) is 4.04. The van der Waals surface area contributed by atoms with Gasteiger partial charge < -0.3 is 15.4 Å². The molecule has 2 unspecified atom stereocenters. The second-order valence-corrected chi connectivity index (χ2v) is 5.94. The van der Waals surface area contributed by atoms with Crippen LogP contribution in [0.2, 0.25) is 0 Å². The van der Waals surface area contributed by atoms with Gasteiger partial charge in [0.25, 0.3) is 5.91 Å². The molecule has 0 aliphatic carbocycles. The van der Waals surface area contributed by atoms with Gasteiger partial charge in [0.15, 0.2) is 0 Å². The second-order valence-electron chi connectivity index (χ2n) is 5.94. The number of amides is 1. The van der Waals surface area contributed by atoms with Crippen LogP contribution in [0.5, 0.6) is 0 Å². The highest BCUT2D eigenvalue weighted by atomic mass is 16.5. The fourth-order valence-corrected chi connectivity index (χ4v) is 2.59. The molecular formula is C17H26N2O2. The maximum atomic E-state index is 12.3. The molecule has 1 fully saturated rings. The first-order valence-corrected chi connectivity index (χ1v) is 7.84. The highest BCUT2D eigenvalue weighted by Crippen LogP contribution is 2.27. The molecule has 4 nitrogen and oxygen atoms in total. The third-order valence-corrected chi connectivity index (χ3v) is 4.04. The average molecular weight is 290 g/mol. The van der Waals surface area contributed by atoms with Crippen LogP contribution in [0.1, 0.15) is 51.6 Å². The Morgan fingerprint density at radius 1 is 1.48 bits per heavy atom. The molecule has 1 saturated heterocycles. The number of ether oxygens (including phenoxy) is 1. The van der Waals surface area contributed by atoms with Crippen LogP contribution < -0.4 is 10.6 Å². The van der Waals surface area contributed by atoms with Crippen LogP contribution in [-0.4, -0.2) is 24.7 Å². The Kier molecular flexibility index (Phi) is 5.37. The highest BCUT2D eigenvalue weighted by molar-refractivity contribution is 5.97. The van der Waals surface area contributed by atoms with Crippen molar-refractivity contribution in [3.63, 3.8) is 0 Å². The summed E-state index contributed by atoms with van der Waals surface area (Å²) in [7, 11) is 0. The summed E-state index contributed by atoms with van der Waals surface area (Å²) in [5.74, 6) is -0.0497. The van der Waals surface area contributed by atoms with Crippen molar-refractivity contribution in [2.75, 3.05) is 18.5 Å². The molecule has 1 aliphatic rings. The van der Waals surface area contributed by atoms with Crippen molar-refractivity contribution in [3.05, 3.63) is 29.8 Å². The molecule has 2 N–H and O–H groups in total.